The lowest BCUT2D eigenvalue weighted by molar-refractivity contribution is -0.153. The third-order valence-electron chi connectivity index (χ3n) is 2.69. The van der Waals surface area contributed by atoms with Gasteiger partial charge in [-0.1, -0.05) is 6.07 Å². The third-order valence-corrected chi connectivity index (χ3v) is 2.69. The van der Waals surface area contributed by atoms with Crippen LogP contribution in [0.5, 0.6) is 11.5 Å². The summed E-state index contributed by atoms with van der Waals surface area (Å²) in [6.07, 6.45) is -6.47. The van der Waals surface area contributed by atoms with Gasteiger partial charge in [-0.25, -0.2) is 0 Å². The summed E-state index contributed by atoms with van der Waals surface area (Å²) in [5.41, 5.74) is 5.26. The lowest BCUT2D eigenvalue weighted by atomic mass is 10.0. The van der Waals surface area contributed by atoms with E-state index in [1.54, 1.807) is 0 Å². The van der Waals surface area contributed by atoms with Crippen molar-refractivity contribution in [2.45, 2.75) is 24.7 Å². The van der Waals surface area contributed by atoms with E-state index in [0.717, 1.165) is 0 Å². The number of rotatable bonds is 5. The number of aliphatic hydroxyl groups excluding tert-OH is 1. The zero-order chi connectivity index (χ0) is 14.6. The van der Waals surface area contributed by atoms with Crippen LogP contribution in [-0.2, 0) is 0 Å². The number of hydrogen-bond donors (Lipinski definition) is 2. The van der Waals surface area contributed by atoms with Crippen LogP contribution in [-0.4, -0.2) is 31.5 Å². The Balaban J connectivity index is 0.00000361. The van der Waals surface area contributed by atoms with Crippen molar-refractivity contribution in [2.24, 2.45) is 5.73 Å². The summed E-state index contributed by atoms with van der Waals surface area (Å²) < 4.78 is 46.9. The summed E-state index contributed by atoms with van der Waals surface area (Å²) in [4.78, 5) is 0. The standard InChI is InChI=1S/C12H16F3NO3.ClH/c1-18-9-4-3-7(5-10(9)19-2)8(17)6-11(16)12(13,14)15;/h3-5,8,11,17H,6,16H2,1-2H3;1H/t8-,11-;/m0./s1. The molecular formula is C12H17ClF3NO3. The molecule has 2 atom stereocenters. The quantitative estimate of drug-likeness (QED) is 0.876. The molecule has 1 aromatic rings. The lowest BCUT2D eigenvalue weighted by Gasteiger charge is -2.20. The minimum absolute atomic E-state index is 0. The van der Waals surface area contributed by atoms with Crippen LogP contribution in [0, 0.1) is 0 Å². The van der Waals surface area contributed by atoms with Gasteiger partial charge in [-0.15, -0.1) is 12.4 Å². The van der Waals surface area contributed by atoms with Gasteiger partial charge in [-0.05, 0) is 17.7 Å². The molecule has 3 N–H and O–H groups in total. The van der Waals surface area contributed by atoms with Crippen molar-refractivity contribution in [3.05, 3.63) is 23.8 Å². The fourth-order valence-corrected chi connectivity index (χ4v) is 1.57. The van der Waals surface area contributed by atoms with Gasteiger partial charge in [0.1, 0.15) is 6.04 Å². The number of halogens is 4. The first kappa shape index (κ1) is 18.8. The molecule has 0 aliphatic heterocycles. The van der Waals surface area contributed by atoms with Crippen molar-refractivity contribution < 1.29 is 27.8 Å². The monoisotopic (exact) mass is 315 g/mol. The molecule has 0 heterocycles. The number of benzene rings is 1. The Bertz CT molecular complexity index is 429. The van der Waals surface area contributed by atoms with Gasteiger partial charge < -0.3 is 20.3 Å². The van der Waals surface area contributed by atoms with E-state index in [0.29, 0.717) is 11.5 Å². The van der Waals surface area contributed by atoms with Crippen LogP contribution in [0.25, 0.3) is 0 Å². The number of alkyl halides is 3. The van der Waals surface area contributed by atoms with Crippen LogP contribution in [0.2, 0.25) is 0 Å². The van der Waals surface area contributed by atoms with Crippen LogP contribution >= 0.6 is 12.4 Å². The van der Waals surface area contributed by atoms with Crippen molar-refractivity contribution in [2.75, 3.05) is 14.2 Å². The predicted octanol–water partition coefficient (Wildman–Crippen LogP) is 2.44. The highest BCUT2D eigenvalue weighted by molar-refractivity contribution is 5.85. The van der Waals surface area contributed by atoms with E-state index in [1.807, 2.05) is 0 Å². The third kappa shape index (κ3) is 4.73. The van der Waals surface area contributed by atoms with Crippen LogP contribution in [0.15, 0.2) is 18.2 Å². The van der Waals surface area contributed by atoms with E-state index < -0.39 is 24.7 Å². The molecule has 8 heteroatoms. The summed E-state index contributed by atoms with van der Waals surface area (Å²) in [7, 11) is 2.84. The van der Waals surface area contributed by atoms with Crippen molar-refractivity contribution in [3.63, 3.8) is 0 Å². The first-order valence-electron chi connectivity index (χ1n) is 5.52. The maximum atomic E-state index is 12.3. The highest BCUT2D eigenvalue weighted by atomic mass is 35.5. The summed E-state index contributed by atoms with van der Waals surface area (Å²) in [6, 6.07) is 2.33. The minimum atomic E-state index is -4.53. The van der Waals surface area contributed by atoms with E-state index in [-0.39, 0.29) is 18.0 Å². The second-order valence-corrected chi connectivity index (χ2v) is 4.01. The molecular weight excluding hydrogens is 299 g/mol. The zero-order valence-electron chi connectivity index (χ0n) is 11.0. The van der Waals surface area contributed by atoms with Gasteiger partial charge in [-0.2, -0.15) is 13.2 Å². The molecule has 0 fully saturated rings. The zero-order valence-corrected chi connectivity index (χ0v) is 11.8. The summed E-state index contributed by atoms with van der Waals surface area (Å²) in [6.45, 7) is 0. The SMILES string of the molecule is COc1ccc([C@@H](O)C[C@H](N)C(F)(F)F)cc1OC.Cl. The Kier molecular flexibility index (Phi) is 7.12. The Morgan fingerprint density at radius 2 is 1.75 bits per heavy atom. The van der Waals surface area contributed by atoms with Crippen molar-refractivity contribution in [3.8, 4) is 11.5 Å². The number of ether oxygens (including phenoxy) is 2. The summed E-state index contributed by atoms with van der Waals surface area (Å²) >= 11 is 0. The van der Waals surface area contributed by atoms with E-state index in [4.69, 9.17) is 15.2 Å². The van der Waals surface area contributed by atoms with Gasteiger partial charge in [0.15, 0.2) is 11.5 Å². The van der Waals surface area contributed by atoms with Crippen LogP contribution in [0.4, 0.5) is 13.2 Å². The molecule has 0 unspecified atom stereocenters. The Morgan fingerprint density at radius 3 is 2.20 bits per heavy atom. The molecule has 0 saturated carbocycles. The van der Waals surface area contributed by atoms with E-state index in [1.165, 1.54) is 32.4 Å². The molecule has 1 aromatic carbocycles. The molecule has 0 aromatic heterocycles. The molecule has 0 spiro atoms. The van der Waals surface area contributed by atoms with E-state index >= 15 is 0 Å². The molecule has 116 valence electrons. The molecule has 0 amide bonds. The number of hydrogen-bond acceptors (Lipinski definition) is 4. The van der Waals surface area contributed by atoms with E-state index in [9.17, 15) is 18.3 Å². The average Bonchev–Trinajstić information content (AvgIpc) is 2.36. The normalized spacial score (nSPS) is 14.2. The summed E-state index contributed by atoms with van der Waals surface area (Å²) in [5, 5.41) is 9.76. The average molecular weight is 316 g/mol. The van der Waals surface area contributed by atoms with Gasteiger partial charge in [0.2, 0.25) is 0 Å². The Labute approximate surface area is 121 Å². The fourth-order valence-electron chi connectivity index (χ4n) is 1.57. The highest BCUT2D eigenvalue weighted by Crippen LogP contribution is 2.32. The first-order valence-corrected chi connectivity index (χ1v) is 5.52. The molecule has 0 aliphatic carbocycles. The molecule has 0 bridgehead atoms. The first-order chi connectivity index (χ1) is 8.79. The molecule has 0 aliphatic rings. The lowest BCUT2D eigenvalue weighted by Crippen LogP contribution is -2.38. The fraction of sp³-hybridized carbons (Fsp3) is 0.500. The maximum absolute atomic E-state index is 12.3. The van der Waals surface area contributed by atoms with Gasteiger partial charge in [-0.3, -0.25) is 0 Å². The Hall–Kier alpha value is -1.18. The largest absolute Gasteiger partial charge is 0.493 e. The van der Waals surface area contributed by atoms with Gasteiger partial charge >= 0.3 is 6.18 Å². The summed E-state index contributed by atoms with van der Waals surface area (Å²) in [5.74, 6) is 0.762. The topological polar surface area (TPSA) is 64.7 Å². The van der Waals surface area contributed by atoms with Crippen LogP contribution in [0.1, 0.15) is 18.1 Å². The second kappa shape index (κ2) is 7.56. The van der Waals surface area contributed by atoms with E-state index in [2.05, 4.69) is 0 Å². The molecule has 20 heavy (non-hydrogen) atoms. The molecule has 4 nitrogen and oxygen atoms in total. The van der Waals surface area contributed by atoms with Crippen LogP contribution in [0.3, 0.4) is 0 Å². The van der Waals surface area contributed by atoms with Crippen molar-refractivity contribution >= 4 is 12.4 Å². The Morgan fingerprint density at radius 1 is 1.20 bits per heavy atom. The highest BCUT2D eigenvalue weighted by Gasteiger charge is 2.38. The van der Waals surface area contributed by atoms with Gasteiger partial charge in [0.25, 0.3) is 0 Å². The van der Waals surface area contributed by atoms with Crippen molar-refractivity contribution in [1.29, 1.82) is 0 Å². The predicted molar refractivity (Wildman–Crippen MR) is 70.4 cm³/mol. The number of nitrogens with two attached hydrogens (primary N) is 1. The molecule has 1 rings (SSSR count). The molecule has 0 saturated heterocycles. The molecule has 0 radical (unpaired) electrons. The van der Waals surface area contributed by atoms with Gasteiger partial charge in [0, 0.05) is 6.42 Å². The smallest absolute Gasteiger partial charge is 0.403 e. The van der Waals surface area contributed by atoms with Crippen LogP contribution < -0.4 is 15.2 Å². The second-order valence-electron chi connectivity index (χ2n) is 4.01. The maximum Gasteiger partial charge on any atom is 0.403 e. The van der Waals surface area contributed by atoms with Crippen molar-refractivity contribution in [1.82, 2.24) is 0 Å². The van der Waals surface area contributed by atoms with Gasteiger partial charge in [0.05, 0.1) is 20.3 Å². The number of aliphatic hydroxyl groups is 1. The minimum Gasteiger partial charge on any atom is -0.493 e. The number of methoxy groups -OCH3 is 2.